The summed E-state index contributed by atoms with van der Waals surface area (Å²) in [4.78, 5) is 32.8. The van der Waals surface area contributed by atoms with Crippen LogP contribution in [0.3, 0.4) is 0 Å². The van der Waals surface area contributed by atoms with Crippen LogP contribution in [0.1, 0.15) is 18.7 Å². The topological polar surface area (TPSA) is 135 Å². The van der Waals surface area contributed by atoms with E-state index in [-0.39, 0.29) is 0 Å². The van der Waals surface area contributed by atoms with Crippen molar-refractivity contribution in [2.24, 2.45) is 5.92 Å². The van der Waals surface area contributed by atoms with Crippen molar-refractivity contribution in [3.05, 3.63) is 28.0 Å². The third-order valence-corrected chi connectivity index (χ3v) is 3.34. The van der Waals surface area contributed by atoms with Crippen molar-refractivity contribution in [3.8, 4) is 0 Å². The summed E-state index contributed by atoms with van der Waals surface area (Å²) in [5, 5.41) is 23.7. The molecule has 0 spiro atoms. The molecular formula is C11H10F3N3O6. The quantitative estimate of drug-likeness (QED) is 0.556. The average Bonchev–Trinajstić information content (AvgIpc) is 2.85. The zero-order valence-corrected chi connectivity index (χ0v) is 11.4. The molecule has 0 aromatic carbocycles. The van der Waals surface area contributed by atoms with Crippen molar-refractivity contribution in [3.63, 3.8) is 0 Å². The van der Waals surface area contributed by atoms with E-state index in [0.717, 1.165) is 19.1 Å². The molecule has 126 valence electrons. The van der Waals surface area contributed by atoms with Crippen LogP contribution in [0.25, 0.3) is 0 Å². The van der Waals surface area contributed by atoms with Crippen LogP contribution in [0.2, 0.25) is 0 Å². The lowest BCUT2D eigenvalue weighted by molar-refractivity contribution is -0.402. The number of nitrogens with zero attached hydrogens (tertiary/aromatic N) is 1. The van der Waals surface area contributed by atoms with Crippen molar-refractivity contribution >= 4 is 17.7 Å². The monoisotopic (exact) mass is 337 g/mol. The fraction of sp³-hybridized carbons (Fsp3) is 0.455. The molecule has 2 heterocycles. The van der Waals surface area contributed by atoms with Gasteiger partial charge in [0.15, 0.2) is 0 Å². The Hall–Kier alpha value is -2.63. The highest BCUT2D eigenvalue weighted by atomic mass is 19.4. The highest BCUT2D eigenvalue weighted by Crippen LogP contribution is 2.43. The zero-order valence-electron chi connectivity index (χ0n) is 11.4. The van der Waals surface area contributed by atoms with Crippen LogP contribution in [0, 0.1) is 16.0 Å². The molecule has 1 aliphatic rings. The summed E-state index contributed by atoms with van der Waals surface area (Å²) in [6.45, 7) is 0.783. The lowest BCUT2D eigenvalue weighted by atomic mass is 9.81. The van der Waals surface area contributed by atoms with E-state index >= 15 is 0 Å². The summed E-state index contributed by atoms with van der Waals surface area (Å²) in [5.41, 5.74) is -3.84. The van der Waals surface area contributed by atoms with Gasteiger partial charge in [0.1, 0.15) is 28.4 Å². The lowest BCUT2D eigenvalue weighted by Gasteiger charge is -2.43. The molecule has 0 aliphatic carbocycles. The van der Waals surface area contributed by atoms with E-state index in [1.54, 1.807) is 0 Å². The minimum absolute atomic E-state index is 0.463. The first-order valence-electron chi connectivity index (χ1n) is 6.09. The predicted octanol–water partition coefficient (Wildman–Crippen LogP) is 0.998. The number of aliphatic hydroxyl groups is 1. The number of halogens is 3. The fourth-order valence-electron chi connectivity index (χ4n) is 2.37. The summed E-state index contributed by atoms with van der Waals surface area (Å²) in [6.07, 6.45) is -5.36. The first-order valence-corrected chi connectivity index (χ1v) is 6.09. The van der Waals surface area contributed by atoms with Gasteiger partial charge in [-0.3, -0.25) is 14.9 Å². The summed E-state index contributed by atoms with van der Waals surface area (Å²) in [5.74, 6) is -4.56. The summed E-state index contributed by atoms with van der Waals surface area (Å²) < 4.78 is 44.2. The second kappa shape index (κ2) is 5.22. The molecule has 0 bridgehead atoms. The number of urea groups is 1. The van der Waals surface area contributed by atoms with E-state index < -0.39 is 52.2 Å². The fourth-order valence-corrected chi connectivity index (χ4v) is 2.37. The Morgan fingerprint density at radius 2 is 2.09 bits per heavy atom. The minimum Gasteiger partial charge on any atom is -0.404 e. The van der Waals surface area contributed by atoms with Crippen molar-refractivity contribution in [2.45, 2.75) is 24.9 Å². The van der Waals surface area contributed by atoms with Gasteiger partial charge in [-0.1, -0.05) is 0 Å². The standard InChI is InChI=1S/C11H10F3N3O6/c1-4(18)7-8(5-2-3-6(23-5)17(21)22)15-9(19)16-10(7,20)11(12,13)14/h2-3,7-8,20H,1H3,(H2,15,16,19). The van der Waals surface area contributed by atoms with Gasteiger partial charge >= 0.3 is 18.1 Å². The van der Waals surface area contributed by atoms with E-state index in [0.29, 0.717) is 0 Å². The number of nitro groups is 1. The van der Waals surface area contributed by atoms with Gasteiger partial charge in [0.2, 0.25) is 5.72 Å². The SMILES string of the molecule is CC(=O)C1C(c2ccc([N+](=O)[O-])o2)NC(=O)NC1(O)C(F)(F)F. The Labute approximate surface area is 125 Å². The number of hydrogen-bond donors (Lipinski definition) is 3. The molecule has 3 atom stereocenters. The maximum Gasteiger partial charge on any atom is 0.437 e. The molecule has 2 amide bonds. The van der Waals surface area contributed by atoms with Gasteiger partial charge in [0, 0.05) is 0 Å². The van der Waals surface area contributed by atoms with E-state index in [9.17, 15) is 38.0 Å². The zero-order chi connectivity index (χ0) is 17.6. The highest BCUT2D eigenvalue weighted by molar-refractivity contribution is 5.85. The molecule has 0 radical (unpaired) electrons. The van der Waals surface area contributed by atoms with Crippen LogP contribution in [-0.4, -0.2) is 33.7 Å². The number of alkyl halides is 3. The second-order valence-corrected chi connectivity index (χ2v) is 4.86. The number of furan rings is 1. The Morgan fingerprint density at radius 3 is 2.52 bits per heavy atom. The molecule has 23 heavy (non-hydrogen) atoms. The molecule has 1 fully saturated rings. The molecule has 1 aliphatic heterocycles. The summed E-state index contributed by atoms with van der Waals surface area (Å²) >= 11 is 0. The van der Waals surface area contributed by atoms with Gasteiger partial charge in [-0.05, 0) is 13.0 Å². The van der Waals surface area contributed by atoms with Crippen LogP contribution in [0.15, 0.2) is 16.5 Å². The third-order valence-electron chi connectivity index (χ3n) is 3.34. The van der Waals surface area contributed by atoms with Crippen LogP contribution in [0.4, 0.5) is 23.8 Å². The molecule has 9 nitrogen and oxygen atoms in total. The molecule has 2 rings (SSSR count). The van der Waals surface area contributed by atoms with Gasteiger partial charge in [0.25, 0.3) is 0 Å². The van der Waals surface area contributed by atoms with Crippen molar-refractivity contribution < 1.29 is 37.2 Å². The molecule has 1 saturated heterocycles. The number of hydrogen-bond acceptors (Lipinski definition) is 6. The molecule has 12 heteroatoms. The van der Waals surface area contributed by atoms with Crippen LogP contribution in [-0.2, 0) is 4.79 Å². The number of carbonyl (C=O) groups excluding carboxylic acids is 2. The predicted molar refractivity (Wildman–Crippen MR) is 64.9 cm³/mol. The van der Waals surface area contributed by atoms with Crippen molar-refractivity contribution in [2.75, 3.05) is 0 Å². The summed E-state index contributed by atoms with van der Waals surface area (Å²) in [7, 11) is 0. The van der Waals surface area contributed by atoms with E-state index in [4.69, 9.17) is 4.42 Å². The average molecular weight is 337 g/mol. The van der Waals surface area contributed by atoms with Gasteiger partial charge in [-0.15, -0.1) is 0 Å². The van der Waals surface area contributed by atoms with Crippen LogP contribution >= 0.6 is 0 Å². The number of amides is 2. The normalized spacial score (nSPS) is 28.0. The summed E-state index contributed by atoms with van der Waals surface area (Å²) in [6, 6.07) is -1.35. The number of nitrogens with one attached hydrogen (secondary N) is 2. The number of carbonyl (C=O) groups is 2. The van der Waals surface area contributed by atoms with Gasteiger partial charge in [-0.2, -0.15) is 13.2 Å². The maximum absolute atomic E-state index is 13.1. The Bertz CT molecular complexity index is 672. The minimum atomic E-state index is -5.36. The van der Waals surface area contributed by atoms with E-state index in [2.05, 4.69) is 0 Å². The molecule has 3 N–H and O–H groups in total. The van der Waals surface area contributed by atoms with Crippen molar-refractivity contribution in [1.82, 2.24) is 10.6 Å². The van der Waals surface area contributed by atoms with Crippen molar-refractivity contribution in [1.29, 1.82) is 0 Å². The van der Waals surface area contributed by atoms with Crippen LogP contribution < -0.4 is 10.6 Å². The molecule has 3 unspecified atom stereocenters. The highest BCUT2D eigenvalue weighted by Gasteiger charge is 2.66. The van der Waals surface area contributed by atoms with E-state index in [1.165, 1.54) is 5.32 Å². The number of Topliss-reactive ketones (excluding diaryl/α,β-unsaturated/α-hetero) is 1. The largest absolute Gasteiger partial charge is 0.437 e. The number of rotatable bonds is 3. The van der Waals surface area contributed by atoms with Gasteiger partial charge < -0.3 is 20.2 Å². The Balaban J connectivity index is 2.53. The Kier molecular flexibility index (Phi) is 3.80. The third kappa shape index (κ3) is 2.72. The lowest BCUT2D eigenvalue weighted by Crippen LogP contribution is -2.72. The molecular weight excluding hydrogens is 327 g/mol. The van der Waals surface area contributed by atoms with Crippen LogP contribution in [0.5, 0.6) is 0 Å². The first kappa shape index (κ1) is 16.7. The first-order chi connectivity index (χ1) is 10.5. The molecule has 0 saturated carbocycles. The van der Waals surface area contributed by atoms with Gasteiger partial charge in [-0.25, -0.2) is 4.79 Å². The maximum atomic E-state index is 13.1. The van der Waals surface area contributed by atoms with E-state index in [1.807, 2.05) is 5.32 Å². The smallest absolute Gasteiger partial charge is 0.404 e. The Morgan fingerprint density at radius 1 is 1.48 bits per heavy atom. The number of ketones is 1. The second-order valence-electron chi connectivity index (χ2n) is 4.86. The molecule has 1 aromatic heterocycles. The molecule has 1 aromatic rings. The van der Waals surface area contributed by atoms with Gasteiger partial charge in [0.05, 0.1) is 6.07 Å².